The van der Waals surface area contributed by atoms with Gasteiger partial charge in [0.1, 0.15) is 0 Å². The topological polar surface area (TPSA) is 3.24 Å². The standard InChI is InChI=1S/C18H31N/c1-4-7-14-11-13(6-3)16-9-10-17-15(8-5-2)12-18(14)19(16)17/h5,13-18H,2,4,6-12H2,1,3H3/t13-,14-,15+,16+,17+,18-/m0/s1. The molecule has 0 spiro atoms. The first-order chi connectivity index (χ1) is 9.30. The number of hydrogen-bond acceptors (Lipinski definition) is 1. The minimum Gasteiger partial charge on any atom is -0.294 e. The van der Waals surface area contributed by atoms with Crippen LogP contribution in [0.3, 0.4) is 0 Å². The van der Waals surface area contributed by atoms with Gasteiger partial charge in [-0.2, -0.15) is 0 Å². The highest BCUT2D eigenvalue weighted by Crippen LogP contribution is 2.52. The summed E-state index contributed by atoms with van der Waals surface area (Å²) in [6, 6.07) is 2.76. The van der Waals surface area contributed by atoms with Crippen molar-refractivity contribution in [2.24, 2.45) is 17.8 Å². The van der Waals surface area contributed by atoms with Crippen LogP contribution in [0.25, 0.3) is 0 Å². The van der Waals surface area contributed by atoms with Crippen LogP contribution in [0.5, 0.6) is 0 Å². The van der Waals surface area contributed by atoms with Crippen molar-refractivity contribution >= 4 is 0 Å². The van der Waals surface area contributed by atoms with Gasteiger partial charge in [0.05, 0.1) is 0 Å². The van der Waals surface area contributed by atoms with Gasteiger partial charge in [0.2, 0.25) is 0 Å². The minimum atomic E-state index is 0.904. The Morgan fingerprint density at radius 2 is 1.74 bits per heavy atom. The van der Waals surface area contributed by atoms with Crippen LogP contribution in [-0.2, 0) is 0 Å². The molecule has 0 aliphatic carbocycles. The Labute approximate surface area is 119 Å². The van der Waals surface area contributed by atoms with Crippen LogP contribution in [0.15, 0.2) is 12.7 Å². The van der Waals surface area contributed by atoms with E-state index in [1.54, 1.807) is 0 Å². The Morgan fingerprint density at radius 3 is 2.37 bits per heavy atom. The molecule has 1 nitrogen and oxygen atoms in total. The molecular weight excluding hydrogens is 230 g/mol. The summed E-state index contributed by atoms with van der Waals surface area (Å²) in [4.78, 5) is 3.01. The lowest BCUT2D eigenvalue weighted by molar-refractivity contribution is 0.0270. The second kappa shape index (κ2) is 5.60. The maximum Gasteiger partial charge on any atom is 0.0134 e. The third kappa shape index (κ3) is 2.18. The maximum absolute atomic E-state index is 3.99. The first-order valence-electron chi connectivity index (χ1n) is 8.68. The van der Waals surface area contributed by atoms with Gasteiger partial charge in [-0.3, -0.25) is 4.90 Å². The third-order valence-corrected chi connectivity index (χ3v) is 6.34. The predicted molar refractivity (Wildman–Crippen MR) is 82.2 cm³/mol. The Balaban J connectivity index is 1.82. The fraction of sp³-hybridized carbons (Fsp3) is 0.889. The first kappa shape index (κ1) is 13.7. The summed E-state index contributed by atoms with van der Waals surface area (Å²) in [5.41, 5.74) is 0. The number of allylic oxidation sites excluding steroid dienone is 1. The quantitative estimate of drug-likeness (QED) is 0.652. The van der Waals surface area contributed by atoms with Crippen molar-refractivity contribution in [1.82, 2.24) is 4.90 Å². The zero-order valence-electron chi connectivity index (χ0n) is 12.9. The van der Waals surface area contributed by atoms with Crippen molar-refractivity contribution in [1.29, 1.82) is 0 Å². The minimum absolute atomic E-state index is 0.904. The Morgan fingerprint density at radius 1 is 1.00 bits per heavy atom. The average Bonchev–Trinajstić information content (AvgIpc) is 2.98. The molecule has 3 aliphatic heterocycles. The summed E-state index contributed by atoms with van der Waals surface area (Å²) in [7, 11) is 0. The SMILES string of the molecule is C=CC[C@@H]1C[C@H]2[C@@H](CCC)C[C@H](CC)[C@H]3CC[C@H]1N32. The Kier molecular flexibility index (Phi) is 4.03. The maximum atomic E-state index is 3.99. The van der Waals surface area contributed by atoms with E-state index in [9.17, 15) is 0 Å². The second-order valence-corrected chi connectivity index (χ2v) is 7.20. The number of rotatable bonds is 5. The molecule has 0 radical (unpaired) electrons. The van der Waals surface area contributed by atoms with Crippen LogP contribution in [0.2, 0.25) is 0 Å². The number of hydrogen-bond donors (Lipinski definition) is 0. The van der Waals surface area contributed by atoms with E-state index < -0.39 is 0 Å². The lowest BCUT2D eigenvalue weighted by Crippen LogP contribution is -2.50. The summed E-state index contributed by atoms with van der Waals surface area (Å²) in [5.74, 6) is 2.89. The van der Waals surface area contributed by atoms with Crippen LogP contribution in [-0.4, -0.2) is 23.0 Å². The molecule has 6 atom stereocenters. The van der Waals surface area contributed by atoms with Gasteiger partial charge >= 0.3 is 0 Å². The molecule has 0 aromatic rings. The molecule has 0 aromatic heterocycles. The summed E-state index contributed by atoms with van der Waals surface area (Å²) in [6.45, 7) is 8.77. The Bertz CT molecular complexity index is 324. The molecule has 1 heteroatoms. The summed E-state index contributed by atoms with van der Waals surface area (Å²) >= 11 is 0. The van der Waals surface area contributed by atoms with Gasteiger partial charge < -0.3 is 0 Å². The summed E-state index contributed by atoms with van der Waals surface area (Å²) < 4.78 is 0. The number of nitrogens with zero attached hydrogens (tertiary/aromatic N) is 1. The van der Waals surface area contributed by atoms with Gasteiger partial charge in [-0.1, -0.05) is 32.8 Å². The Hall–Kier alpha value is -0.300. The van der Waals surface area contributed by atoms with Crippen molar-refractivity contribution in [2.45, 2.75) is 83.3 Å². The van der Waals surface area contributed by atoms with E-state index in [2.05, 4.69) is 31.4 Å². The largest absolute Gasteiger partial charge is 0.294 e. The van der Waals surface area contributed by atoms with Gasteiger partial charge in [-0.05, 0) is 56.3 Å². The van der Waals surface area contributed by atoms with E-state index >= 15 is 0 Å². The lowest BCUT2D eigenvalue weighted by Gasteiger charge is -2.46. The number of piperidine rings is 1. The smallest absolute Gasteiger partial charge is 0.0134 e. The van der Waals surface area contributed by atoms with Crippen LogP contribution in [0.4, 0.5) is 0 Å². The molecule has 0 unspecified atom stereocenters. The highest BCUT2D eigenvalue weighted by atomic mass is 15.3. The fourth-order valence-corrected chi connectivity index (χ4v) is 5.65. The lowest BCUT2D eigenvalue weighted by atomic mass is 9.74. The van der Waals surface area contributed by atoms with Crippen molar-refractivity contribution in [3.8, 4) is 0 Å². The average molecular weight is 261 g/mol. The van der Waals surface area contributed by atoms with Crippen molar-refractivity contribution in [2.75, 3.05) is 0 Å². The molecule has 0 N–H and O–H groups in total. The normalized spacial score (nSPS) is 45.4. The van der Waals surface area contributed by atoms with Gasteiger partial charge in [0, 0.05) is 18.1 Å². The van der Waals surface area contributed by atoms with Crippen LogP contribution in [0, 0.1) is 17.8 Å². The zero-order chi connectivity index (χ0) is 13.4. The molecule has 3 saturated heterocycles. The monoisotopic (exact) mass is 261 g/mol. The molecule has 108 valence electrons. The van der Waals surface area contributed by atoms with Crippen LogP contribution in [0.1, 0.15) is 65.2 Å². The predicted octanol–water partition coefficient (Wildman–Crippen LogP) is 4.63. The van der Waals surface area contributed by atoms with Crippen LogP contribution < -0.4 is 0 Å². The molecule has 3 rings (SSSR count). The van der Waals surface area contributed by atoms with Gasteiger partial charge in [-0.15, -0.1) is 6.58 Å². The van der Waals surface area contributed by atoms with E-state index in [1.165, 1.54) is 51.4 Å². The highest BCUT2D eigenvalue weighted by molar-refractivity contribution is 5.08. The molecule has 3 heterocycles. The van der Waals surface area contributed by atoms with Crippen molar-refractivity contribution in [3.63, 3.8) is 0 Å². The van der Waals surface area contributed by atoms with Gasteiger partial charge in [0.25, 0.3) is 0 Å². The van der Waals surface area contributed by atoms with E-state index in [0.29, 0.717) is 0 Å². The third-order valence-electron chi connectivity index (χ3n) is 6.34. The van der Waals surface area contributed by atoms with E-state index in [4.69, 9.17) is 0 Å². The molecule has 3 fully saturated rings. The van der Waals surface area contributed by atoms with E-state index in [0.717, 1.165) is 35.9 Å². The van der Waals surface area contributed by atoms with Crippen molar-refractivity contribution < 1.29 is 0 Å². The van der Waals surface area contributed by atoms with Crippen molar-refractivity contribution in [3.05, 3.63) is 12.7 Å². The molecule has 0 bridgehead atoms. The first-order valence-corrected chi connectivity index (χ1v) is 8.68. The van der Waals surface area contributed by atoms with E-state index in [1.807, 2.05) is 0 Å². The van der Waals surface area contributed by atoms with Gasteiger partial charge in [0.15, 0.2) is 0 Å². The summed E-state index contributed by atoms with van der Waals surface area (Å²) in [5, 5.41) is 0. The zero-order valence-corrected chi connectivity index (χ0v) is 12.9. The summed E-state index contributed by atoms with van der Waals surface area (Å²) in [6.07, 6.45) is 13.6. The van der Waals surface area contributed by atoms with Crippen LogP contribution >= 0.6 is 0 Å². The van der Waals surface area contributed by atoms with Gasteiger partial charge in [-0.25, -0.2) is 0 Å². The highest BCUT2D eigenvalue weighted by Gasteiger charge is 2.54. The molecule has 0 amide bonds. The fourth-order valence-electron chi connectivity index (χ4n) is 5.65. The molecule has 3 aliphatic rings. The molecular formula is C18H31N. The van der Waals surface area contributed by atoms with E-state index in [-0.39, 0.29) is 0 Å². The second-order valence-electron chi connectivity index (χ2n) is 7.20. The molecule has 0 saturated carbocycles. The molecule has 19 heavy (non-hydrogen) atoms. The molecule has 0 aromatic carbocycles.